The summed E-state index contributed by atoms with van der Waals surface area (Å²) in [6, 6.07) is 2.25. The van der Waals surface area contributed by atoms with Crippen molar-refractivity contribution in [3.8, 4) is 0 Å². The molecule has 18 heavy (non-hydrogen) atoms. The van der Waals surface area contributed by atoms with Crippen LogP contribution in [-0.2, 0) is 6.54 Å². The Labute approximate surface area is 107 Å². The Bertz CT molecular complexity index is 399. The second kappa shape index (κ2) is 6.05. The number of aromatic carboxylic acids is 1. The van der Waals surface area contributed by atoms with Gasteiger partial charge in [0.15, 0.2) is 0 Å². The Balaban J connectivity index is 1.93. The molecule has 100 valence electrons. The highest BCUT2D eigenvalue weighted by molar-refractivity contribution is 5.86. The third-order valence-corrected chi connectivity index (χ3v) is 3.93. The molecule has 2 N–H and O–H groups in total. The molecule has 1 aromatic rings. The van der Waals surface area contributed by atoms with Crippen LogP contribution in [-0.4, -0.2) is 17.1 Å². The number of nitrogens with one attached hydrogen (secondary N) is 1. The van der Waals surface area contributed by atoms with E-state index in [1.54, 1.807) is 6.07 Å². The SMILES string of the molecule is CCC1CCCCC1NCc1ccoc1C(=O)O. The highest BCUT2D eigenvalue weighted by Gasteiger charge is 2.24. The fourth-order valence-electron chi connectivity index (χ4n) is 2.87. The van der Waals surface area contributed by atoms with Crippen molar-refractivity contribution in [2.45, 2.75) is 51.6 Å². The molecule has 0 aromatic carbocycles. The van der Waals surface area contributed by atoms with Gasteiger partial charge in [0, 0.05) is 18.2 Å². The van der Waals surface area contributed by atoms with Gasteiger partial charge >= 0.3 is 5.97 Å². The maximum absolute atomic E-state index is 10.9. The normalized spacial score (nSPS) is 24.1. The van der Waals surface area contributed by atoms with E-state index in [1.165, 1.54) is 38.4 Å². The van der Waals surface area contributed by atoms with Gasteiger partial charge in [0.1, 0.15) is 0 Å². The summed E-state index contributed by atoms with van der Waals surface area (Å²) in [6.45, 7) is 2.81. The summed E-state index contributed by atoms with van der Waals surface area (Å²) in [4.78, 5) is 10.9. The van der Waals surface area contributed by atoms with E-state index < -0.39 is 5.97 Å². The van der Waals surface area contributed by atoms with Crippen molar-refractivity contribution in [2.75, 3.05) is 0 Å². The van der Waals surface area contributed by atoms with E-state index in [0.29, 0.717) is 12.6 Å². The van der Waals surface area contributed by atoms with Crippen LogP contribution in [0.25, 0.3) is 0 Å². The standard InChI is InChI=1S/C14H21NO3/c1-2-10-5-3-4-6-12(10)15-9-11-7-8-18-13(11)14(16)17/h7-8,10,12,15H,2-6,9H2,1H3,(H,16,17). The van der Waals surface area contributed by atoms with Crippen LogP contribution in [0.2, 0.25) is 0 Å². The van der Waals surface area contributed by atoms with Gasteiger partial charge in [-0.15, -0.1) is 0 Å². The van der Waals surface area contributed by atoms with E-state index in [9.17, 15) is 4.79 Å². The highest BCUT2D eigenvalue weighted by atomic mass is 16.4. The monoisotopic (exact) mass is 251 g/mol. The maximum Gasteiger partial charge on any atom is 0.372 e. The minimum Gasteiger partial charge on any atom is -0.475 e. The van der Waals surface area contributed by atoms with Crippen molar-refractivity contribution in [1.82, 2.24) is 5.32 Å². The number of rotatable bonds is 5. The van der Waals surface area contributed by atoms with Crippen molar-refractivity contribution >= 4 is 5.97 Å². The molecule has 0 radical (unpaired) electrons. The fourth-order valence-corrected chi connectivity index (χ4v) is 2.87. The summed E-state index contributed by atoms with van der Waals surface area (Å²) >= 11 is 0. The molecule has 1 aliphatic rings. The predicted octanol–water partition coefficient (Wildman–Crippen LogP) is 3.04. The smallest absolute Gasteiger partial charge is 0.372 e. The van der Waals surface area contributed by atoms with E-state index in [0.717, 1.165) is 11.5 Å². The van der Waals surface area contributed by atoms with Crippen molar-refractivity contribution < 1.29 is 14.3 Å². The molecule has 4 nitrogen and oxygen atoms in total. The lowest BCUT2D eigenvalue weighted by Crippen LogP contribution is -2.38. The van der Waals surface area contributed by atoms with Crippen molar-refractivity contribution in [2.24, 2.45) is 5.92 Å². The maximum atomic E-state index is 10.9. The summed E-state index contributed by atoms with van der Waals surface area (Å²) in [5, 5.41) is 12.5. The molecule has 1 fully saturated rings. The minimum atomic E-state index is -0.993. The van der Waals surface area contributed by atoms with Crippen LogP contribution in [0.3, 0.4) is 0 Å². The van der Waals surface area contributed by atoms with E-state index in [-0.39, 0.29) is 5.76 Å². The first-order chi connectivity index (χ1) is 8.72. The average molecular weight is 251 g/mol. The minimum absolute atomic E-state index is 0.0614. The summed E-state index contributed by atoms with van der Waals surface area (Å²) in [5.41, 5.74) is 0.739. The summed E-state index contributed by atoms with van der Waals surface area (Å²) in [7, 11) is 0. The molecule has 0 aliphatic heterocycles. The Morgan fingerprint density at radius 3 is 3.00 bits per heavy atom. The van der Waals surface area contributed by atoms with Gasteiger partial charge in [-0.25, -0.2) is 4.79 Å². The zero-order valence-corrected chi connectivity index (χ0v) is 10.8. The van der Waals surface area contributed by atoms with E-state index in [4.69, 9.17) is 9.52 Å². The van der Waals surface area contributed by atoms with Crippen LogP contribution < -0.4 is 5.32 Å². The van der Waals surface area contributed by atoms with Gasteiger partial charge in [0.25, 0.3) is 0 Å². The van der Waals surface area contributed by atoms with Gasteiger partial charge < -0.3 is 14.8 Å². The first-order valence-electron chi connectivity index (χ1n) is 6.75. The second-order valence-corrected chi connectivity index (χ2v) is 5.02. The Kier molecular flexibility index (Phi) is 4.42. The molecule has 0 spiro atoms. The Morgan fingerprint density at radius 2 is 2.28 bits per heavy atom. The van der Waals surface area contributed by atoms with Crippen molar-refractivity contribution in [3.05, 3.63) is 23.7 Å². The van der Waals surface area contributed by atoms with E-state index in [2.05, 4.69) is 12.2 Å². The van der Waals surface area contributed by atoms with Crippen LogP contribution in [0.4, 0.5) is 0 Å². The summed E-state index contributed by atoms with van der Waals surface area (Å²) in [5.74, 6) is -0.210. The van der Waals surface area contributed by atoms with Gasteiger partial charge in [0.05, 0.1) is 6.26 Å². The number of carboxylic acid groups (broad SMARTS) is 1. The third kappa shape index (κ3) is 2.93. The number of carboxylic acids is 1. The molecule has 1 aliphatic carbocycles. The lowest BCUT2D eigenvalue weighted by Gasteiger charge is -2.31. The molecular formula is C14H21NO3. The van der Waals surface area contributed by atoms with Gasteiger partial charge in [-0.1, -0.05) is 26.2 Å². The van der Waals surface area contributed by atoms with Gasteiger partial charge in [-0.2, -0.15) is 0 Å². The molecule has 2 rings (SSSR count). The molecule has 1 aromatic heterocycles. The van der Waals surface area contributed by atoms with Crippen LogP contribution in [0.5, 0.6) is 0 Å². The third-order valence-electron chi connectivity index (χ3n) is 3.93. The van der Waals surface area contributed by atoms with Crippen LogP contribution in [0, 0.1) is 5.92 Å². The molecule has 4 heteroatoms. The first kappa shape index (κ1) is 13.1. The van der Waals surface area contributed by atoms with Gasteiger partial charge in [0.2, 0.25) is 5.76 Å². The van der Waals surface area contributed by atoms with Gasteiger partial charge in [-0.05, 0) is 24.8 Å². The number of carbonyl (C=O) groups is 1. The van der Waals surface area contributed by atoms with Crippen LogP contribution >= 0.6 is 0 Å². The Hall–Kier alpha value is -1.29. The topological polar surface area (TPSA) is 62.5 Å². The molecule has 2 atom stereocenters. The Morgan fingerprint density at radius 1 is 1.50 bits per heavy atom. The molecule has 0 saturated heterocycles. The molecule has 0 amide bonds. The van der Waals surface area contributed by atoms with E-state index in [1.807, 2.05) is 0 Å². The van der Waals surface area contributed by atoms with Gasteiger partial charge in [-0.3, -0.25) is 0 Å². The summed E-state index contributed by atoms with van der Waals surface area (Å²) in [6.07, 6.45) is 7.70. The summed E-state index contributed by atoms with van der Waals surface area (Å²) < 4.78 is 4.98. The number of hydrogen-bond donors (Lipinski definition) is 2. The number of hydrogen-bond acceptors (Lipinski definition) is 3. The molecule has 1 saturated carbocycles. The second-order valence-electron chi connectivity index (χ2n) is 5.02. The van der Waals surface area contributed by atoms with E-state index >= 15 is 0 Å². The lowest BCUT2D eigenvalue weighted by atomic mass is 9.83. The lowest BCUT2D eigenvalue weighted by molar-refractivity contribution is 0.0660. The van der Waals surface area contributed by atoms with Crippen LogP contribution in [0.1, 0.15) is 55.1 Å². The largest absolute Gasteiger partial charge is 0.475 e. The fraction of sp³-hybridized carbons (Fsp3) is 0.643. The number of furan rings is 1. The van der Waals surface area contributed by atoms with Crippen molar-refractivity contribution in [3.63, 3.8) is 0 Å². The zero-order valence-electron chi connectivity index (χ0n) is 10.8. The highest BCUT2D eigenvalue weighted by Crippen LogP contribution is 2.27. The molecule has 0 bridgehead atoms. The van der Waals surface area contributed by atoms with Crippen molar-refractivity contribution in [1.29, 1.82) is 0 Å². The quantitative estimate of drug-likeness (QED) is 0.844. The first-order valence-corrected chi connectivity index (χ1v) is 6.75. The zero-order chi connectivity index (χ0) is 13.0. The average Bonchev–Trinajstić information content (AvgIpc) is 2.85. The molecular weight excluding hydrogens is 230 g/mol. The predicted molar refractivity (Wildman–Crippen MR) is 68.5 cm³/mol. The molecule has 2 unspecified atom stereocenters. The molecule has 1 heterocycles. The van der Waals surface area contributed by atoms with Crippen LogP contribution in [0.15, 0.2) is 16.7 Å².